The minimum atomic E-state index is -0.443. The van der Waals surface area contributed by atoms with Crippen molar-refractivity contribution in [1.29, 1.82) is 0 Å². The molecule has 3 aliphatic rings. The van der Waals surface area contributed by atoms with Crippen molar-refractivity contribution in [2.24, 2.45) is 5.92 Å². The van der Waals surface area contributed by atoms with Gasteiger partial charge in [-0.1, -0.05) is 0 Å². The van der Waals surface area contributed by atoms with Crippen LogP contribution < -0.4 is 0 Å². The molecule has 1 heterocycles. The summed E-state index contributed by atoms with van der Waals surface area (Å²) in [5, 5.41) is 11.0. The van der Waals surface area contributed by atoms with Gasteiger partial charge in [-0.05, 0) is 63.7 Å². The van der Waals surface area contributed by atoms with Crippen LogP contribution in [0.25, 0.3) is 0 Å². The Kier molecular flexibility index (Phi) is 3.41. The monoisotopic (exact) mass is 254 g/mol. The molecule has 2 saturated carbocycles. The number of ether oxygens (including phenoxy) is 2. The lowest BCUT2D eigenvalue weighted by atomic mass is 9.64. The van der Waals surface area contributed by atoms with Gasteiger partial charge in [-0.3, -0.25) is 0 Å². The van der Waals surface area contributed by atoms with Crippen LogP contribution in [0.15, 0.2) is 0 Å². The summed E-state index contributed by atoms with van der Waals surface area (Å²) in [5.41, 5.74) is -0.294. The van der Waals surface area contributed by atoms with Crippen LogP contribution in [-0.4, -0.2) is 36.1 Å². The largest absolute Gasteiger partial charge is 0.390 e. The molecule has 104 valence electrons. The van der Waals surface area contributed by atoms with E-state index in [1.54, 1.807) is 7.11 Å². The third-order valence-electron chi connectivity index (χ3n) is 5.65. The van der Waals surface area contributed by atoms with Gasteiger partial charge in [0.2, 0.25) is 0 Å². The van der Waals surface area contributed by atoms with Crippen LogP contribution >= 0.6 is 0 Å². The first-order chi connectivity index (χ1) is 8.66. The van der Waals surface area contributed by atoms with Crippen molar-refractivity contribution in [3.8, 4) is 0 Å². The van der Waals surface area contributed by atoms with Crippen molar-refractivity contribution in [3.05, 3.63) is 0 Å². The molecule has 3 rings (SSSR count). The van der Waals surface area contributed by atoms with Gasteiger partial charge < -0.3 is 14.6 Å². The molecule has 1 spiro atoms. The fourth-order valence-corrected chi connectivity index (χ4v) is 4.14. The second-order valence-electron chi connectivity index (χ2n) is 6.61. The van der Waals surface area contributed by atoms with E-state index in [1.807, 2.05) is 0 Å². The minimum Gasteiger partial charge on any atom is -0.390 e. The van der Waals surface area contributed by atoms with Crippen molar-refractivity contribution in [2.45, 2.75) is 75.1 Å². The van der Waals surface area contributed by atoms with Crippen molar-refractivity contribution in [1.82, 2.24) is 0 Å². The number of aliphatic hydroxyl groups is 1. The number of rotatable bonds is 2. The normalized spacial score (nSPS) is 43.7. The van der Waals surface area contributed by atoms with Gasteiger partial charge in [-0.15, -0.1) is 0 Å². The van der Waals surface area contributed by atoms with Gasteiger partial charge in [0.1, 0.15) is 0 Å². The van der Waals surface area contributed by atoms with Gasteiger partial charge in [0, 0.05) is 13.7 Å². The predicted octanol–water partition coefficient (Wildman–Crippen LogP) is 2.66. The molecule has 1 saturated heterocycles. The summed E-state index contributed by atoms with van der Waals surface area (Å²) in [7, 11) is 1.78. The summed E-state index contributed by atoms with van der Waals surface area (Å²) in [5.74, 6) is 0.448. The fraction of sp³-hybridized carbons (Fsp3) is 1.00. The summed E-state index contributed by atoms with van der Waals surface area (Å²) < 4.78 is 11.4. The minimum absolute atomic E-state index is 0.150. The molecule has 1 aliphatic heterocycles. The van der Waals surface area contributed by atoms with Crippen molar-refractivity contribution < 1.29 is 14.6 Å². The Morgan fingerprint density at radius 2 is 1.83 bits per heavy atom. The van der Waals surface area contributed by atoms with Crippen LogP contribution in [0.3, 0.4) is 0 Å². The van der Waals surface area contributed by atoms with Gasteiger partial charge in [-0.25, -0.2) is 0 Å². The standard InChI is InChI=1S/C15H26O3/c1-17-13-3-8-15(16,9-4-13)12-5-10-18-14(11-12)6-2-7-14/h12-13,16H,2-11H2,1H3. The van der Waals surface area contributed by atoms with Crippen molar-refractivity contribution >= 4 is 0 Å². The van der Waals surface area contributed by atoms with Crippen LogP contribution in [0.5, 0.6) is 0 Å². The fourth-order valence-electron chi connectivity index (χ4n) is 4.14. The molecule has 0 bridgehead atoms. The Morgan fingerprint density at radius 1 is 1.11 bits per heavy atom. The topological polar surface area (TPSA) is 38.7 Å². The van der Waals surface area contributed by atoms with Crippen LogP contribution in [0, 0.1) is 5.92 Å². The molecule has 3 nitrogen and oxygen atoms in total. The summed E-state index contributed by atoms with van der Waals surface area (Å²) in [6.07, 6.45) is 10.0. The second kappa shape index (κ2) is 4.77. The Labute approximate surface area is 110 Å². The van der Waals surface area contributed by atoms with Gasteiger partial charge in [0.15, 0.2) is 0 Å². The van der Waals surface area contributed by atoms with Gasteiger partial charge >= 0.3 is 0 Å². The van der Waals surface area contributed by atoms with Gasteiger partial charge in [0.25, 0.3) is 0 Å². The smallest absolute Gasteiger partial charge is 0.0686 e. The molecule has 1 atom stereocenters. The third-order valence-corrected chi connectivity index (χ3v) is 5.65. The SMILES string of the molecule is COC1CCC(O)(C2CCOC3(CCC3)C2)CC1. The van der Waals surface area contributed by atoms with E-state index in [4.69, 9.17) is 9.47 Å². The van der Waals surface area contributed by atoms with Gasteiger partial charge in [-0.2, -0.15) is 0 Å². The first-order valence-corrected chi connectivity index (χ1v) is 7.55. The Morgan fingerprint density at radius 3 is 2.39 bits per heavy atom. The molecule has 3 fully saturated rings. The molecule has 0 aromatic heterocycles. The quantitative estimate of drug-likeness (QED) is 0.823. The Bertz CT molecular complexity index is 290. The van der Waals surface area contributed by atoms with Crippen LogP contribution in [0.2, 0.25) is 0 Å². The summed E-state index contributed by atoms with van der Waals surface area (Å²) >= 11 is 0. The molecule has 18 heavy (non-hydrogen) atoms. The van der Waals surface area contributed by atoms with Crippen molar-refractivity contribution in [2.75, 3.05) is 13.7 Å². The van der Waals surface area contributed by atoms with E-state index in [9.17, 15) is 5.11 Å². The third kappa shape index (κ3) is 2.21. The van der Waals surface area contributed by atoms with Crippen LogP contribution in [0.1, 0.15) is 57.8 Å². The number of methoxy groups -OCH3 is 1. The maximum Gasteiger partial charge on any atom is 0.0686 e. The maximum absolute atomic E-state index is 11.0. The zero-order chi connectivity index (χ0) is 12.6. The molecule has 1 N–H and O–H groups in total. The van der Waals surface area contributed by atoms with E-state index in [-0.39, 0.29) is 5.60 Å². The molecule has 0 aromatic rings. The maximum atomic E-state index is 11.0. The van der Waals surface area contributed by atoms with E-state index in [2.05, 4.69) is 0 Å². The van der Waals surface area contributed by atoms with E-state index >= 15 is 0 Å². The van der Waals surface area contributed by atoms with Gasteiger partial charge in [0.05, 0.1) is 17.3 Å². The first-order valence-electron chi connectivity index (χ1n) is 7.55. The van der Waals surface area contributed by atoms with Crippen molar-refractivity contribution in [3.63, 3.8) is 0 Å². The highest BCUT2D eigenvalue weighted by Gasteiger charge is 2.49. The highest BCUT2D eigenvalue weighted by Crippen LogP contribution is 2.49. The second-order valence-corrected chi connectivity index (χ2v) is 6.61. The molecule has 0 amide bonds. The lowest BCUT2D eigenvalue weighted by Gasteiger charge is -2.52. The highest BCUT2D eigenvalue weighted by atomic mass is 16.5. The number of hydrogen-bond donors (Lipinski definition) is 1. The van der Waals surface area contributed by atoms with E-state index in [0.29, 0.717) is 12.0 Å². The molecular weight excluding hydrogens is 228 g/mol. The molecule has 0 radical (unpaired) electrons. The first kappa shape index (κ1) is 12.9. The average molecular weight is 254 g/mol. The molecular formula is C15H26O3. The summed E-state index contributed by atoms with van der Waals surface area (Å²) in [4.78, 5) is 0. The average Bonchev–Trinajstić information content (AvgIpc) is 2.38. The van der Waals surface area contributed by atoms with E-state index in [0.717, 1.165) is 45.1 Å². The molecule has 2 aliphatic carbocycles. The zero-order valence-electron chi connectivity index (χ0n) is 11.5. The Hall–Kier alpha value is -0.120. The lowest BCUT2D eigenvalue weighted by Crippen LogP contribution is -2.53. The molecule has 3 heteroatoms. The van der Waals surface area contributed by atoms with E-state index < -0.39 is 5.60 Å². The Balaban J connectivity index is 1.63. The predicted molar refractivity (Wildman–Crippen MR) is 69.5 cm³/mol. The molecule has 0 aromatic carbocycles. The highest BCUT2D eigenvalue weighted by molar-refractivity contribution is 5.00. The van der Waals surface area contributed by atoms with Crippen LogP contribution in [0.4, 0.5) is 0 Å². The lowest BCUT2D eigenvalue weighted by molar-refractivity contribution is -0.185. The zero-order valence-corrected chi connectivity index (χ0v) is 11.5. The number of hydrogen-bond acceptors (Lipinski definition) is 3. The molecule has 1 unspecified atom stereocenters. The summed E-state index contributed by atoms with van der Waals surface area (Å²) in [6.45, 7) is 0.848. The van der Waals surface area contributed by atoms with E-state index in [1.165, 1.54) is 19.3 Å². The summed E-state index contributed by atoms with van der Waals surface area (Å²) in [6, 6.07) is 0. The van der Waals surface area contributed by atoms with Crippen LogP contribution in [-0.2, 0) is 9.47 Å².